The van der Waals surface area contributed by atoms with Crippen LogP contribution in [0.3, 0.4) is 0 Å². The van der Waals surface area contributed by atoms with Gasteiger partial charge >= 0.3 is 0 Å². The van der Waals surface area contributed by atoms with E-state index in [9.17, 15) is 40.5 Å². The number of fused-ring (bicyclic) bond motifs is 2. The first-order chi connectivity index (χ1) is 14.3. The molecule has 7 N–H and O–H groups in total. The van der Waals surface area contributed by atoms with Crippen LogP contribution in [0.5, 0.6) is 11.5 Å². The molecule has 9 heteroatoms. The number of hydrogen-bond donors (Lipinski definition) is 7. The normalized spacial score (nSPS) is 30.6. The Morgan fingerprint density at radius 2 is 1.57 bits per heavy atom. The van der Waals surface area contributed by atoms with Crippen molar-refractivity contribution in [1.29, 1.82) is 0 Å². The molecule has 9 nitrogen and oxygen atoms in total. The van der Waals surface area contributed by atoms with Crippen molar-refractivity contribution in [2.75, 3.05) is 6.61 Å². The lowest BCUT2D eigenvalue weighted by atomic mass is 9.71. The number of carbonyl (C=O) groups excluding carboxylic acids is 1. The maximum atomic E-state index is 13.1. The van der Waals surface area contributed by atoms with Crippen LogP contribution in [0.15, 0.2) is 30.3 Å². The number of aliphatic hydroxyl groups excluding tert-OH is 5. The number of hydrogen-bond acceptors (Lipinski definition) is 9. The molecule has 0 spiro atoms. The summed E-state index contributed by atoms with van der Waals surface area (Å²) in [7, 11) is 0. The average molecular weight is 418 g/mol. The van der Waals surface area contributed by atoms with Crippen molar-refractivity contribution in [3.63, 3.8) is 0 Å². The van der Waals surface area contributed by atoms with Crippen LogP contribution in [0.25, 0.3) is 0 Å². The van der Waals surface area contributed by atoms with Gasteiger partial charge < -0.3 is 40.5 Å². The van der Waals surface area contributed by atoms with E-state index in [0.29, 0.717) is 5.56 Å². The summed E-state index contributed by atoms with van der Waals surface area (Å²) < 4.78 is 5.73. The smallest absolute Gasteiger partial charge is 0.201 e. The molecule has 0 radical (unpaired) electrons. The molecule has 2 aromatic carbocycles. The number of phenolic OH excluding ortho intramolecular Hbond substituents is 2. The summed E-state index contributed by atoms with van der Waals surface area (Å²) in [6, 6.07) is 7.06. The quantitative estimate of drug-likeness (QED) is 0.334. The Labute approximate surface area is 171 Å². The molecule has 0 bridgehead atoms. The second-order valence-electron chi connectivity index (χ2n) is 7.58. The van der Waals surface area contributed by atoms with Gasteiger partial charge in [-0.3, -0.25) is 4.79 Å². The van der Waals surface area contributed by atoms with Crippen LogP contribution in [0, 0.1) is 0 Å². The van der Waals surface area contributed by atoms with Gasteiger partial charge in [-0.15, -0.1) is 0 Å². The zero-order chi connectivity index (χ0) is 21.7. The largest absolute Gasteiger partial charge is 0.507 e. The topological polar surface area (TPSA) is 168 Å². The summed E-state index contributed by atoms with van der Waals surface area (Å²) >= 11 is 0. The van der Waals surface area contributed by atoms with Crippen LogP contribution in [0.1, 0.15) is 38.5 Å². The predicted molar refractivity (Wildman–Crippen MR) is 101 cm³/mol. The van der Waals surface area contributed by atoms with Crippen LogP contribution < -0.4 is 0 Å². The zero-order valence-corrected chi connectivity index (χ0v) is 15.7. The number of aromatic hydroxyl groups is 2. The highest BCUT2D eigenvalue weighted by molar-refractivity contribution is 6.16. The first-order valence-electron chi connectivity index (χ1n) is 9.43. The van der Waals surface area contributed by atoms with Crippen LogP contribution in [-0.2, 0) is 11.3 Å². The fraction of sp³-hybridized carbons (Fsp3) is 0.381. The Balaban J connectivity index is 1.96. The van der Waals surface area contributed by atoms with Gasteiger partial charge in [-0.25, -0.2) is 0 Å². The predicted octanol–water partition coefficient (Wildman–Crippen LogP) is -0.891. The van der Waals surface area contributed by atoms with E-state index in [-0.39, 0.29) is 28.0 Å². The van der Waals surface area contributed by atoms with Crippen LogP contribution >= 0.6 is 0 Å². The molecule has 2 aromatic rings. The van der Waals surface area contributed by atoms with E-state index in [1.807, 2.05) is 0 Å². The molecule has 1 heterocycles. The number of aliphatic hydroxyl groups is 5. The molecule has 1 aliphatic heterocycles. The van der Waals surface area contributed by atoms with Crippen LogP contribution in [0.2, 0.25) is 0 Å². The highest BCUT2D eigenvalue weighted by atomic mass is 16.5. The van der Waals surface area contributed by atoms with Gasteiger partial charge in [-0.05, 0) is 28.8 Å². The molecule has 160 valence electrons. The van der Waals surface area contributed by atoms with Gasteiger partial charge in [0.25, 0.3) is 0 Å². The van der Waals surface area contributed by atoms with E-state index < -0.39 is 61.2 Å². The minimum atomic E-state index is -1.64. The summed E-state index contributed by atoms with van der Waals surface area (Å²) in [6.45, 7) is -1.06. The molecule has 1 saturated heterocycles. The van der Waals surface area contributed by atoms with Gasteiger partial charge in [-0.1, -0.05) is 18.2 Å². The van der Waals surface area contributed by atoms with Crippen molar-refractivity contribution >= 4 is 5.78 Å². The highest BCUT2D eigenvalue weighted by Gasteiger charge is 2.50. The van der Waals surface area contributed by atoms with Gasteiger partial charge in [0.15, 0.2) is 0 Å². The minimum absolute atomic E-state index is 0.0843. The Morgan fingerprint density at radius 3 is 2.23 bits per heavy atom. The van der Waals surface area contributed by atoms with Gasteiger partial charge in [0.1, 0.15) is 35.9 Å². The zero-order valence-electron chi connectivity index (χ0n) is 15.7. The third-order valence-corrected chi connectivity index (χ3v) is 5.85. The van der Waals surface area contributed by atoms with E-state index in [2.05, 4.69) is 0 Å². The first kappa shape index (κ1) is 20.7. The molecule has 4 rings (SSSR count). The second kappa shape index (κ2) is 7.62. The Morgan fingerprint density at radius 1 is 0.867 bits per heavy atom. The summed E-state index contributed by atoms with van der Waals surface area (Å²) in [4.78, 5) is 13.1. The van der Waals surface area contributed by atoms with Crippen molar-refractivity contribution in [3.05, 3.63) is 58.1 Å². The first-order valence-corrected chi connectivity index (χ1v) is 9.43. The molecule has 0 saturated carbocycles. The lowest BCUT2D eigenvalue weighted by molar-refractivity contribution is -0.232. The lowest BCUT2D eigenvalue weighted by Crippen LogP contribution is -2.60. The van der Waals surface area contributed by atoms with Gasteiger partial charge in [0, 0.05) is 5.92 Å². The molecule has 6 atom stereocenters. The van der Waals surface area contributed by atoms with Crippen molar-refractivity contribution in [3.8, 4) is 11.5 Å². The van der Waals surface area contributed by atoms with Crippen molar-refractivity contribution in [2.45, 2.75) is 43.0 Å². The van der Waals surface area contributed by atoms with Crippen LogP contribution in [-0.4, -0.2) is 78.7 Å². The Kier molecular flexibility index (Phi) is 5.27. The summed E-state index contributed by atoms with van der Waals surface area (Å²) in [5, 5.41) is 71.0. The molecular formula is C21H22O9. The van der Waals surface area contributed by atoms with E-state index in [1.165, 1.54) is 24.3 Å². The van der Waals surface area contributed by atoms with Crippen molar-refractivity contribution in [1.82, 2.24) is 0 Å². The summed E-state index contributed by atoms with van der Waals surface area (Å²) in [5.74, 6) is -2.34. The fourth-order valence-electron chi connectivity index (χ4n) is 4.41. The third kappa shape index (κ3) is 2.99. The van der Waals surface area contributed by atoms with Gasteiger partial charge in [0.2, 0.25) is 5.78 Å². The number of ether oxygens (including phenoxy) is 1. The standard InChI is InChI=1S/C21H22O9/c22-6-8-4-10-14(21-20(29)19(28)17(26)13(7-23)30-21)9-2-1-3-11(24)15(9)18(27)16(10)12(25)5-8/h1-5,13-14,17,19-26,28-29H,6-7H2/t13-,14?,17-,19-,20-,21+/m1/s1. The monoisotopic (exact) mass is 418 g/mol. The number of carbonyl (C=O) groups is 1. The average Bonchev–Trinajstić information content (AvgIpc) is 2.73. The minimum Gasteiger partial charge on any atom is -0.507 e. The lowest BCUT2D eigenvalue weighted by Gasteiger charge is -2.45. The molecule has 1 unspecified atom stereocenters. The van der Waals surface area contributed by atoms with Crippen molar-refractivity contribution < 1.29 is 45.3 Å². The number of rotatable bonds is 3. The van der Waals surface area contributed by atoms with Crippen LogP contribution in [0.4, 0.5) is 0 Å². The maximum absolute atomic E-state index is 13.1. The van der Waals surface area contributed by atoms with Gasteiger partial charge in [0.05, 0.1) is 30.4 Å². The van der Waals surface area contributed by atoms with E-state index in [1.54, 1.807) is 6.07 Å². The van der Waals surface area contributed by atoms with E-state index >= 15 is 0 Å². The molecule has 1 fully saturated rings. The molecular weight excluding hydrogens is 396 g/mol. The Hall–Kier alpha value is -2.53. The number of benzene rings is 2. The Bertz CT molecular complexity index is 987. The molecule has 2 aliphatic rings. The van der Waals surface area contributed by atoms with Crippen molar-refractivity contribution in [2.24, 2.45) is 0 Å². The second-order valence-corrected chi connectivity index (χ2v) is 7.58. The molecule has 30 heavy (non-hydrogen) atoms. The summed E-state index contributed by atoms with van der Waals surface area (Å²) in [5.41, 5.74) is 0.609. The van der Waals surface area contributed by atoms with E-state index in [0.717, 1.165) is 0 Å². The molecule has 0 amide bonds. The van der Waals surface area contributed by atoms with E-state index in [4.69, 9.17) is 4.74 Å². The SMILES string of the molecule is O=C1c2c(O)cccc2C([C@@H]2O[C@H](CO)[C@@H](O)[C@@H](O)[C@H]2O)c2cc(CO)cc(O)c21. The fourth-order valence-corrected chi connectivity index (χ4v) is 4.41. The highest BCUT2D eigenvalue weighted by Crippen LogP contribution is 2.47. The maximum Gasteiger partial charge on any atom is 0.201 e. The third-order valence-electron chi connectivity index (χ3n) is 5.85. The number of phenols is 2. The van der Waals surface area contributed by atoms with Gasteiger partial charge in [-0.2, -0.15) is 0 Å². The number of ketones is 1. The molecule has 1 aliphatic carbocycles. The summed E-state index contributed by atoms with van der Waals surface area (Å²) in [6.07, 6.45) is -7.22. The molecule has 0 aromatic heterocycles.